The van der Waals surface area contributed by atoms with Crippen LogP contribution in [-0.4, -0.2) is 18.3 Å². The molecule has 0 aliphatic carbocycles. The maximum Gasteiger partial charge on any atom is 0.0437 e. The summed E-state index contributed by atoms with van der Waals surface area (Å²) in [4.78, 5) is 0. The Balaban J connectivity index is 2.29. The van der Waals surface area contributed by atoms with E-state index in [0.717, 1.165) is 23.7 Å². The zero-order valence-corrected chi connectivity index (χ0v) is 8.01. The third-order valence-electron chi connectivity index (χ3n) is 2.47. The van der Waals surface area contributed by atoms with Crippen molar-refractivity contribution in [3.8, 4) is 0 Å². The number of aliphatic hydroxyl groups excluding tert-OH is 1. The lowest BCUT2D eigenvalue weighted by Gasteiger charge is -2.07. The van der Waals surface area contributed by atoms with E-state index in [-0.39, 0.29) is 6.61 Å². The predicted octanol–water partition coefficient (Wildman–Crippen LogP) is 2.23. The number of nitrogens with one attached hydrogen (secondary N) is 1. The lowest BCUT2D eigenvalue weighted by Crippen LogP contribution is -2.03. The van der Waals surface area contributed by atoms with Crippen LogP contribution in [0.25, 0.3) is 0 Å². The summed E-state index contributed by atoms with van der Waals surface area (Å²) in [6.07, 6.45) is 0.806. The van der Waals surface area contributed by atoms with Gasteiger partial charge in [0.1, 0.15) is 0 Å². The van der Waals surface area contributed by atoms with Crippen LogP contribution in [-0.2, 0) is 0 Å². The number of anilines is 1. The van der Waals surface area contributed by atoms with Crippen molar-refractivity contribution in [3.63, 3.8) is 0 Å². The van der Waals surface area contributed by atoms with E-state index < -0.39 is 0 Å². The van der Waals surface area contributed by atoms with E-state index in [1.807, 2.05) is 18.2 Å². The largest absolute Gasteiger partial charge is 0.396 e. The summed E-state index contributed by atoms with van der Waals surface area (Å²) < 4.78 is 0. The third kappa shape index (κ3) is 1.64. The molecule has 0 spiro atoms. The molecule has 0 radical (unpaired) electrons. The van der Waals surface area contributed by atoms with Crippen LogP contribution in [0.3, 0.4) is 0 Å². The Bertz CT molecular complexity index is 312. The van der Waals surface area contributed by atoms with Gasteiger partial charge in [0.05, 0.1) is 0 Å². The Labute approximate surface area is 82.5 Å². The first-order valence-electron chi connectivity index (χ1n) is 4.45. The minimum atomic E-state index is 0.234. The van der Waals surface area contributed by atoms with Gasteiger partial charge < -0.3 is 10.4 Å². The molecule has 70 valence electrons. The first-order valence-corrected chi connectivity index (χ1v) is 4.83. The molecule has 1 unspecified atom stereocenters. The van der Waals surface area contributed by atoms with E-state index in [1.54, 1.807) is 0 Å². The molecule has 1 aromatic carbocycles. The number of aliphatic hydroxyl groups is 1. The molecule has 1 heterocycles. The fourth-order valence-corrected chi connectivity index (χ4v) is 1.97. The molecule has 0 amide bonds. The van der Waals surface area contributed by atoms with Gasteiger partial charge >= 0.3 is 0 Å². The molecule has 3 heteroatoms. The summed E-state index contributed by atoms with van der Waals surface area (Å²) in [5.41, 5.74) is 2.39. The smallest absolute Gasteiger partial charge is 0.0437 e. The molecule has 0 fully saturated rings. The summed E-state index contributed by atoms with van der Waals surface area (Å²) in [6.45, 7) is 1.15. The minimum Gasteiger partial charge on any atom is -0.396 e. The van der Waals surface area contributed by atoms with Gasteiger partial charge in [-0.1, -0.05) is 11.6 Å². The van der Waals surface area contributed by atoms with Crippen LogP contribution in [0.5, 0.6) is 0 Å². The molecular weight excluding hydrogens is 186 g/mol. The number of fused-ring (bicyclic) bond motifs is 1. The molecule has 2 N–H and O–H groups in total. The molecule has 1 aliphatic heterocycles. The van der Waals surface area contributed by atoms with Crippen LogP contribution < -0.4 is 5.32 Å². The molecule has 2 nitrogen and oxygen atoms in total. The van der Waals surface area contributed by atoms with Gasteiger partial charge in [-0.25, -0.2) is 0 Å². The number of benzene rings is 1. The summed E-state index contributed by atoms with van der Waals surface area (Å²) in [5.74, 6) is 0.415. The van der Waals surface area contributed by atoms with E-state index in [0.29, 0.717) is 5.92 Å². The Hall–Kier alpha value is -0.730. The van der Waals surface area contributed by atoms with Crippen LogP contribution in [0, 0.1) is 0 Å². The van der Waals surface area contributed by atoms with Gasteiger partial charge in [0.25, 0.3) is 0 Å². The van der Waals surface area contributed by atoms with Gasteiger partial charge in [-0.15, -0.1) is 0 Å². The molecule has 1 atom stereocenters. The second kappa shape index (κ2) is 3.56. The molecule has 0 bridgehead atoms. The van der Waals surface area contributed by atoms with Gasteiger partial charge in [-0.3, -0.25) is 0 Å². The number of halogens is 1. The summed E-state index contributed by atoms with van der Waals surface area (Å²) in [5, 5.41) is 12.9. The fourth-order valence-electron chi connectivity index (χ4n) is 1.79. The first-order chi connectivity index (χ1) is 6.31. The van der Waals surface area contributed by atoms with Gasteiger partial charge in [0, 0.05) is 29.8 Å². The quantitative estimate of drug-likeness (QED) is 0.762. The van der Waals surface area contributed by atoms with E-state index in [2.05, 4.69) is 5.32 Å². The van der Waals surface area contributed by atoms with Crippen molar-refractivity contribution in [1.82, 2.24) is 0 Å². The van der Waals surface area contributed by atoms with E-state index >= 15 is 0 Å². The molecule has 2 rings (SSSR count). The van der Waals surface area contributed by atoms with Crippen LogP contribution in [0.4, 0.5) is 5.69 Å². The summed E-state index contributed by atoms with van der Waals surface area (Å²) in [7, 11) is 0. The van der Waals surface area contributed by atoms with Crippen molar-refractivity contribution < 1.29 is 5.11 Å². The van der Waals surface area contributed by atoms with Gasteiger partial charge in [-0.2, -0.15) is 0 Å². The highest BCUT2D eigenvalue weighted by Gasteiger charge is 2.21. The lowest BCUT2D eigenvalue weighted by molar-refractivity contribution is 0.278. The predicted molar refractivity (Wildman–Crippen MR) is 54.4 cm³/mol. The van der Waals surface area contributed by atoms with Crippen LogP contribution in [0.15, 0.2) is 18.2 Å². The van der Waals surface area contributed by atoms with Crippen molar-refractivity contribution >= 4 is 17.3 Å². The van der Waals surface area contributed by atoms with Crippen LogP contribution >= 0.6 is 11.6 Å². The minimum absolute atomic E-state index is 0.234. The molecule has 1 aromatic rings. The van der Waals surface area contributed by atoms with Crippen LogP contribution in [0.1, 0.15) is 17.9 Å². The fraction of sp³-hybridized carbons (Fsp3) is 0.400. The molecule has 1 aliphatic rings. The Kier molecular flexibility index (Phi) is 2.42. The third-order valence-corrected chi connectivity index (χ3v) is 2.71. The van der Waals surface area contributed by atoms with Crippen molar-refractivity contribution in [2.24, 2.45) is 0 Å². The highest BCUT2D eigenvalue weighted by Crippen LogP contribution is 2.34. The molecular formula is C10H12ClNO. The average molecular weight is 198 g/mol. The maximum atomic E-state index is 8.86. The summed E-state index contributed by atoms with van der Waals surface area (Å²) in [6, 6.07) is 5.86. The normalized spacial score (nSPS) is 19.7. The zero-order valence-electron chi connectivity index (χ0n) is 7.26. The molecule has 13 heavy (non-hydrogen) atoms. The molecule has 0 aromatic heterocycles. The Morgan fingerprint density at radius 3 is 3.15 bits per heavy atom. The second-order valence-electron chi connectivity index (χ2n) is 3.32. The van der Waals surface area contributed by atoms with Crippen LogP contribution in [0.2, 0.25) is 5.02 Å². The van der Waals surface area contributed by atoms with E-state index in [1.165, 1.54) is 5.56 Å². The first kappa shape index (κ1) is 8.85. The SMILES string of the molecule is OCCC1CNc2ccc(Cl)cc21. The van der Waals surface area contributed by atoms with Gasteiger partial charge in [-0.05, 0) is 30.2 Å². The Morgan fingerprint density at radius 1 is 1.54 bits per heavy atom. The van der Waals surface area contributed by atoms with Crippen molar-refractivity contribution in [3.05, 3.63) is 28.8 Å². The number of hydrogen-bond acceptors (Lipinski definition) is 2. The summed E-state index contributed by atoms with van der Waals surface area (Å²) >= 11 is 5.90. The van der Waals surface area contributed by atoms with E-state index in [4.69, 9.17) is 16.7 Å². The monoisotopic (exact) mass is 197 g/mol. The average Bonchev–Trinajstić information content (AvgIpc) is 2.49. The highest BCUT2D eigenvalue weighted by molar-refractivity contribution is 6.30. The topological polar surface area (TPSA) is 32.3 Å². The van der Waals surface area contributed by atoms with E-state index in [9.17, 15) is 0 Å². The Morgan fingerprint density at radius 2 is 2.38 bits per heavy atom. The second-order valence-corrected chi connectivity index (χ2v) is 3.76. The lowest BCUT2D eigenvalue weighted by atomic mass is 9.98. The van der Waals surface area contributed by atoms with Gasteiger partial charge in [0.2, 0.25) is 0 Å². The molecule has 0 saturated heterocycles. The van der Waals surface area contributed by atoms with Gasteiger partial charge in [0.15, 0.2) is 0 Å². The van der Waals surface area contributed by atoms with Crippen molar-refractivity contribution in [1.29, 1.82) is 0 Å². The molecule has 0 saturated carbocycles. The maximum absolute atomic E-state index is 8.86. The van der Waals surface area contributed by atoms with Crippen molar-refractivity contribution in [2.75, 3.05) is 18.5 Å². The number of rotatable bonds is 2. The zero-order chi connectivity index (χ0) is 9.26. The number of hydrogen-bond donors (Lipinski definition) is 2. The highest BCUT2D eigenvalue weighted by atomic mass is 35.5. The standard InChI is InChI=1S/C10H12ClNO/c11-8-1-2-10-9(5-8)7(3-4-13)6-12-10/h1-2,5,7,12-13H,3-4,6H2. The van der Waals surface area contributed by atoms with Crippen molar-refractivity contribution in [2.45, 2.75) is 12.3 Å².